The predicted octanol–water partition coefficient (Wildman–Crippen LogP) is 5.57. The fourth-order valence-electron chi connectivity index (χ4n) is 6.53. The van der Waals surface area contributed by atoms with Gasteiger partial charge in [0, 0.05) is 38.3 Å². The van der Waals surface area contributed by atoms with Crippen LogP contribution in [0.25, 0.3) is 0 Å². The van der Waals surface area contributed by atoms with E-state index < -0.39 is 6.09 Å². The Balaban J connectivity index is 1.21. The number of piperazine rings is 1. The molecule has 2 saturated heterocycles. The molecule has 0 aromatic heterocycles. The Morgan fingerprint density at radius 3 is 2.33 bits per heavy atom. The average Bonchev–Trinajstić information content (AvgIpc) is 2.98. The molecule has 0 radical (unpaired) electrons. The molecule has 0 spiro atoms. The van der Waals surface area contributed by atoms with Crippen LogP contribution < -0.4 is 10.1 Å². The fourth-order valence-corrected chi connectivity index (χ4v) is 6.71. The summed E-state index contributed by atoms with van der Waals surface area (Å²) in [5.74, 6) is 0.867. The molecule has 2 aliphatic heterocycles. The van der Waals surface area contributed by atoms with Gasteiger partial charge in [0.25, 0.3) is 0 Å². The molecule has 2 heterocycles. The van der Waals surface area contributed by atoms with E-state index >= 15 is 0 Å². The molecule has 3 aliphatic rings. The van der Waals surface area contributed by atoms with Crippen molar-refractivity contribution in [2.45, 2.75) is 76.5 Å². The topological polar surface area (TPSA) is 65.1 Å². The van der Waals surface area contributed by atoms with Crippen molar-refractivity contribution in [1.29, 1.82) is 0 Å². The number of likely N-dealkylation sites (tertiary alicyclic amines) is 1. The van der Waals surface area contributed by atoms with Crippen LogP contribution >= 0.6 is 11.6 Å². The number of hydrogen-bond donors (Lipinski definition) is 1. The SMILES string of the molecule is C[C@@H]1CN(C(=O)Oc2ccccc2Cl)CCN1C(=O)C(NC1CCCCC1)C1CCN(Cc2ccccc2)CC1. The Morgan fingerprint density at radius 1 is 0.925 bits per heavy atom. The smallest absolute Gasteiger partial charge is 0.409 e. The number of halogens is 1. The second-order valence-corrected chi connectivity index (χ2v) is 12.1. The third kappa shape index (κ3) is 7.36. The van der Waals surface area contributed by atoms with Crippen molar-refractivity contribution >= 4 is 23.6 Å². The molecule has 5 rings (SSSR count). The summed E-state index contributed by atoms with van der Waals surface area (Å²) < 4.78 is 5.56. The molecular formula is C32H43ClN4O3. The normalized spacial score (nSPS) is 22.2. The first-order chi connectivity index (χ1) is 19.5. The van der Waals surface area contributed by atoms with Crippen molar-refractivity contribution in [2.75, 3.05) is 32.7 Å². The lowest BCUT2D eigenvalue weighted by atomic mass is 9.86. The van der Waals surface area contributed by atoms with Gasteiger partial charge in [-0.25, -0.2) is 4.79 Å². The molecule has 1 N–H and O–H groups in total. The summed E-state index contributed by atoms with van der Waals surface area (Å²) in [4.78, 5) is 33.2. The number of nitrogens with one attached hydrogen (secondary N) is 1. The van der Waals surface area contributed by atoms with E-state index in [0.717, 1.165) is 45.3 Å². The summed E-state index contributed by atoms with van der Waals surface area (Å²) in [6.45, 7) is 6.41. The molecule has 0 bridgehead atoms. The van der Waals surface area contributed by atoms with Crippen LogP contribution in [0, 0.1) is 5.92 Å². The minimum Gasteiger partial charge on any atom is -0.409 e. The highest BCUT2D eigenvalue weighted by atomic mass is 35.5. The Kier molecular flexibility index (Phi) is 10.00. The number of piperidine rings is 1. The Hall–Kier alpha value is -2.61. The zero-order valence-electron chi connectivity index (χ0n) is 23.6. The summed E-state index contributed by atoms with van der Waals surface area (Å²) >= 11 is 6.18. The maximum Gasteiger partial charge on any atom is 0.415 e. The van der Waals surface area contributed by atoms with Crippen LogP contribution in [0.1, 0.15) is 57.4 Å². The number of nitrogens with zero attached hydrogens (tertiary/aromatic N) is 3. The molecule has 1 aliphatic carbocycles. The van der Waals surface area contributed by atoms with E-state index in [1.807, 2.05) is 11.8 Å². The minimum atomic E-state index is -0.422. The first-order valence-electron chi connectivity index (χ1n) is 15.0. The monoisotopic (exact) mass is 566 g/mol. The molecule has 1 saturated carbocycles. The number of amides is 2. The van der Waals surface area contributed by atoms with E-state index in [2.05, 4.69) is 40.5 Å². The van der Waals surface area contributed by atoms with Crippen molar-refractivity contribution < 1.29 is 14.3 Å². The lowest BCUT2D eigenvalue weighted by Crippen LogP contribution is -2.62. The van der Waals surface area contributed by atoms with Crippen LogP contribution in [0.15, 0.2) is 54.6 Å². The van der Waals surface area contributed by atoms with Crippen LogP contribution in [0.5, 0.6) is 5.75 Å². The van der Waals surface area contributed by atoms with Gasteiger partial charge in [-0.3, -0.25) is 9.69 Å². The predicted molar refractivity (Wildman–Crippen MR) is 158 cm³/mol. The molecule has 1 unspecified atom stereocenters. The standard InChI is InChI=1S/C32H43ClN4O3/c1-24-22-36(32(39)40-29-15-9-8-14-28(29)33)20-21-37(24)31(38)30(34-27-12-6-3-7-13-27)26-16-18-35(19-17-26)23-25-10-4-2-5-11-25/h2,4-5,8-11,14-15,24,26-27,30,34H,3,6-7,12-13,16-23H2,1H3/t24-,30?/m1/s1. The largest absolute Gasteiger partial charge is 0.415 e. The number of rotatable bonds is 7. The lowest BCUT2D eigenvalue weighted by molar-refractivity contribution is -0.140. The Morgan fingerprint density at radius 2 is 1.62 bits per heavy atom. The molecule has 2 atom stereocenters. The maximum absolute atomic E-state index is 14.2. The summed E-state index contributed by atoms with van der Waals surface area (Å²) in [7, 11) is 0. The van der Waals surface area contributed by atoms with E-state index in [-0.39, 0.29) is 18.0 Å². The number of para-hydroxylation sites is 1. The molecule has 7 nitrogen and oxygen atoms in total. The average molecular weight is 567 g/mol. The summed E-state index contributed by atoms with van der Waals surface area (Å²) in [5, 5.41) is 4.26. The number of benzene rings is 2. The van der Waals surface area contributed by atoms with Crippen molar-refractivity contribution in [3.8, 4) is 5.75 Å². The van der Waals surface area contributed by atoms with E-state index in [1.165, 1.54) is 24.8 Å². The first-order valence-corrected chi connectivity index (χ1v) is 15.4. The quantitative estimate of drug-likeness (QED) is 0.474. The number of hydrogen-bond acceptors (Lipinski definition) is 5. The van der Waals surface area contributed by atoms with Gasteiger partial charge in [-0.15, -0.1) is 0 Å². The van der Waals surface area contributed by atoms with Gasteiger partial charge in [0.05, 0.1) is 11.1 Å². The van der Waals surface area contributed by atoms with Crippen LogP contribution in [0.3, 0.4) is 0 Å². The van der Waals surface area contributed by atoms with Crippen molar-refractivity contribution in [3.05, 3.63) is 65.2 Å². The van der Waals surface area contributed by atoms with Crippen LogP contribution in [0.2, 0.25) is 5.02 Å². The van der Waals surface area contributed by atoms with Gasteiger partial charge in [-0.05, 0) is 69.3 Å². The number of carbonyl (C=O) groups is 2. The van der Waals surface area contributed by atoms with Crippen LogP contribution in [-0.4, -0.2) is 77.5 Å². The lowest BCUT2D eigenvalue weighted by Gasteiger charge is -2.44. The van der Waals surface area contributed by atoms with Crippen LogP contribution in [-0.2, 0) is 11.3 Å². The van der Waals surface area contributed by atoms with Gasteiger partial charge < -0.3 is 19.9 Å². The van der Waals surface area contributed by atoms with Gasteiger partial charge in [0.15, 0.2) is 5.75 Å². The summed E-state index contributed by atoms with van der Waals surface area (Å²) in [6.07, 6.45) is 7.66. The zero-order chi connectivity index (χ0) is 27.9. The van der Waals surface area contributed by atoms with Crippen molar-refractivity contribution in [1.82, 2.24) is 20.0 Å². The second kappa shape index (κ2) is 13.8. The fraction of sp³-hybridized carbons (Fsp3) is 0.562. The highest BCUT2D eigenvalue weighted by Gasteiger charge is 2.39. The minimum absolute atomic E-state index is 0.0890. The van der Waals surface area contributed by atoms with Gasteiger partial charge in [0.1, 0.15) is 0 Å². The second-order valence-electron chi connectivity index (χ2n) is 11.7. The molecule has 2 amide bonds. The first kappa shape index (κ1) is 28.9. The Labute approximate surface area is 243 Å². The van der Waals surface area contributed by atoms with E-state index in [0.29, 0.717) is 42.4 Å². The maximum atomic E-state index is 14.2. The zero-order valence-corrected chi connectivity index (χ0v) is 24.4. The van der Waals surface area contributed by atoms with Gasteiger partial charge in [0.2, 0.25) is 5.91 Å². The molecule has 3 fully saturated rings. The van der Waals surface area contributed by atoms with Gasteiger partial charge in [-0.2, -0.15) is 0 Å². The molecule has 2 aromatic rings. The van der Waals surface area contributed by atoms with Crippen molar-refractivity contribution in [2.24, 2.45) is 5.92 Å². The number of carbonyl (C=O) groups excluding carboxylic acids is 2. The summed E-state index contributed by atoms with van der Waals surface area (Å²) in [5.41, 5.74) is 1.34. The number of ether oxygens (including phenoxy) is 1. The van der Waals surface area contributed by atoms with Crippen molar-refractivity contribution in [3.63, 3.8) is 0 Å². The molecule has 8 heteroatoms. The summed E-state index contributed by atoms with van der Waals surface area (Å²) in [6, 6.07) is 17.8. The van der Waals surface area contributed by atoms with E-state index in [4.69, 9.17) is 16.3 Å². The highest BCUT2D eigenvalue weighted by Crippen LogP contribution is 2.28. The third-order valence-electron chi connectivity index (χ3n) is 8.84. The highest BCUT2D eigenvalue weighted by molar-refractivity contribution is 6.32. The molecular weight excluding hydrogens is 524 g/mol. The van der Waals surface area contributed by atoms with E-state index in [1.54, 1.807) is 29.2 Å². The van der Waals surface area contributed by atoms with Crippen LogP contribution in [0.4, 0.5) is 4.79 Å². The Bertz CT molecular complexity index is 1120. The van der Waals surface area contributed by atoms with E-state index in [9.17, 15) is 9.59 Å². The third-order valence-corrected chi connectivity index (χ3v) is 9.15. The molecule has 40 heavy (non-hydrogen) atoms. The molecule has 216 valence electrons. The molecule has 2 aromatic carbocycles. The van der Waals surface area contributed by atoms with Gasteiger partial charge in [-0.1, -0.05) is 73.3 Å². The van der Waals surface area contributed by atoms with Gasteiger partial charge >= 0.3 is 6.09 Å².